The predicted octanol–water partition coefficient (Wildman–Crippen LogP) is 4.02. The van der Waals surface area contributed by atoms with E-state index in [-0.39, 0.29) is 0 Å². The fourth-order valence-corrected chi connectivity index (χ4v) is 3.50. The summed E-state index contributed by atoms with van der Waals surface area (Å²) < 4.78 is 17.0. The summed E-state index contributed by atoms with van der Waals surface area (Å²) >= 11 is 0.544. The number of benzene rings is 1. The Kier molecular flexibility index (Phi) is 6.99. The molecule has 0 radical (unpaired) electrons. The summed E-state index contributed by atoms with van der Waals surface area (Å²) in [7, 11) is 1.68. The molecule has 1 aromatic heterocycles. The van der Waals surface area contributed by atoms with Gasteiger partial charge in [0, 0.05) is 10.8 Å². The molecule has 0 saturated heterocycles. The zero-order valence-electron chi connectivity index (χ0n) is 14.4. The smallest absolute Gasteiger partial charge is 0.496 e. The number of hydrogen-bond acceptors (Lipinski definition) is 3. The fourth-order valence-electron chi connectivity index (χ4n) is 3.04. The Labute approximate surface area is 142 Å². The number of rotatable bonds is 10. The minimum Gasteiger partial charge on any atom is -0.496 e. The first-order valence-corrected chi connectivity index (χ1v) is 9.19. The fraction of sp³-hybridized carbons (Fsp3) is 0.556. The summed E-state index contributed by atoms with van der Waals surface area (Å²) in [6, 6.07) is 5.91. The van der Waals surface area contributed by atoms with Gasteiger partial charge in [-0.15, -0.1) is 0 Å². The second-order valence-electron chi connectivity index (χ2n) is 5.84. The maximum atomic E-state index is 11.5. The van der Waals surface area contributed by atoms with E-state index in [2.05, 4.69) is 23.7 Å². The molecule has 1 N–H and O–H groups in total. The molecule has 2 rings (SSSR count). The quantitative estimate of drug-likeness (QED) is 0.667. The number of unbranched alkanes of at least 4 members (excludes halogenated alkanes) is 1. The van der Waals surface area contributed by atoms with Crippen LogP contribution in [-0.4, -0.2) is 36.6 Å². The predicted molar refractivity (Wildman–Crippen MR) is 96.5 cm³/mol. The highest BCUT2D eigenvalue weighted by Gasteiger charge is 2.24. The molecule has 0 spiro atoms. The van der Waals surface area contributed by atoms with Crippen LogP contribution in [0.15, 0.2) is 23.2 Å². The summed E-state index contributed by atoms with van der Waals surface area (Å²) in [6.07, 6.45) is 4.46. The largest absolute Gasteiger partial charge is 0.525 e. The van der Waals surface area contributed by atoms with E-state index in [1.165, 1.54) is 12.8 Å². The summed E-state index contributed by atoms with van der Waals surface area (Å²) in [4.78, 5) is 5.74. The molecule has 0 unspecified atom stereocenters. The Balaban J connectivity index is 2.25. The van der Waals surface area contributed by atoms with Gasteiger partial charge in [0.25, 0.3) is 0 Å². The molecule has 1 heterocycles. The van der Waals surface area contributed by atoms with Crippen molar-refractivity contribution < 1.29 is 8.95 Å². The first-order chi connectivity index (χ1) is 11.2. The Bertz CT molecular complexity index is 639. The number of aromatic nitrogens is 1. The Morgan fingerprint density at radius 3 is 2.65 bits per heavy atom. The van der Waals surface area contributed by atoms with Crippen LogP contribution >= 0.6 is 0 Å². The van der Waals surface area contributed by atoms with Gasteiger partial charge >= 0.3 is 16.7 Å². The number of H-pyrrole nitrogens is 1. The third kappa shape index (κ3) is 4.30. The van der Waals surface area contributed by atoms with Gasteiger partial charge in [-0.2, -0.15) is 0 Å². The highest BCUT2D eigenvalue weighted by atomic mass is 32.1. The van der Waals surface area contributed by atoms with Crippen molar-refractivity contribution in [3.63, 3.8) is 0 Å². The maximum Gasteiger partial charge on any atom is 0.525 e. The molecule has 23 heavy (non-hydrogen) atoms. The topological polar surface area (TPSA) is 45.3 Å². The van der Waals surface area contributed by atoms with Crippen LogP contribution < -0.4 is 4.74 Å². The van der Waals surface area contributed by atoms with Crippen molar-refractivity contribution >= 4 is 22.6 Å². The molecular formula is C18H27N2O2S+. The maximum absolute atomic E-state index is 11.5. The molecule has 0 fully saturated rings. The molecule has 0 aliphatic rings. The Morgan fingerprint density at radius 1 is 1.17 bits per heavy atom. The number of nitrogens with one attached hydrogen (secondary N) is 1. The van der Waals surface area contributed by atoms with Gasteiger partial charge in [0.05, 0.1) is 23.6 Å². The van der Waals surface area contributed by atoms with Gasteiger partial charge in [-0.25, -0.2) is 0 Å². The number of nitrogens with zero attached hydrogens (tertiary/aromatic N) is 1. The molecule has 0 atom stereocenters. The van der Waals surface area contributed by atoms with Crippen LogP contribution in [0.4, 0.5) is 0 Å². The van der Waals surface area contributed by atoms with Crippen LogP contribution in [0.25, 0.3) is 10.9 Å². The summed E-state index contributed by atoms with van der Waals surface area (Å²) in [6.45, 7) is 7.66. The van der Waals surface area contributed by atoms with Crippen molar-refractivity contribution in [2.75, 3.05) is 26.7 Å². The lowest BCUT2D eigenvalue weighted by atomic mass is 10.1. The third-order valence-corrected chi connectivity index (χ3v) is 4.71. The van der Waals surface area contributed by atoms with Crippen molar-refractivity contribution in [1.82, 2.24) is 9.88 Å². The minimum atomic E-state index is 0.544. The summed E-state index contributed by atoms with van der Waals surface area (Å²) in [5.41, 5.74) is 2.07. The highest BCUT2D eigenvalue weighted by molar-refractivity contribution is 7.65. The van der Waals surface area contributed by atoms with E-state index < -0.39 is 0 Å². The van der Waals surface area contributed by atoms with Gasteiger partial charge in [-0.1, -0.05) is 26.3 Å². The number of methoxy groups -OCH3 is 1. The van der Waals surface area contributed by atoms with Crippen molar-refractivity contribution in [3.8, 4) is 5.75 Å². The van der Waals surface area contributed by atoms with E-state index in [0.717, 1.165) is 59.7 Å². The summed E-state index contributed by atoms with van der Waals surface area (Å²) in [5.74, 6) is 0.838. The van der Waals surface area contributed by atoms with Gasteiger partial charge < -0.3 is 14.6 Å². The molecule has 1 aromatic carbocycles. The van der Waals surface area contributed by atoms with Crippen LogP contribution in [0.2, 0.25) is 0 Å². The first kappa shape index (κ1) is 17.9. The van der Waals surface area contributed by atoms with Crippen molar-refractivity contribution in [3.05, 3.63) is 23.8 Å². The van der Waals surface area contributed by atoms with Gasteiger partial charge in [0.1, 0.15) is 5.75 Å². The average Bonchev–Trinajstić information content (AvgIpc) is 2.95. The van der Waals surface area contributed by atoms with Crippen LogP contribution in [0, 0.1) is 0 Å². The van der Waals surface area contributed by atoms with E-state index >= 15 is 0 Å². The van der Waals surface area contributed by atoms with Crippen molar-refractivity contribution in [1.29, 1.82) is 0 Å². The molecule has 5 heteroatoms. The molecule has 2 aromatic rings. The second kappa shape index (κ2) is 8.99. The lowest BCUT2D eigenvalue weighted by Crippen LogP contribution is -2.28. The molecule has 0 aliphatic carbocycles. The van der Waals surface area contributed by atoms with Crippen molar-refractivity contribution in [2.45, 2.75) is 44.6 Å². The normalized spacial score (nSPS) is 11.3. The Hall–Kier alpha value is -1.46. The Morgan fingerprint density at radius 2 is 2.00 bits per heavy atom. The number of ether oxygens (including phenoxy) is 1. The van der Waals surface area contributed by atoms with Crippen LogP contribution in [0.5, 0.6) is 5.75 Å². The average molecular weight is 335 g/mol. The molecule has 4 nitrogen and oxygen atoms in total. The third-order valence-electron chi connectivity index (χ3n) is 4.20. The molecule has 0 saturated carbocycles. The zero-order chi connectivity index (χ0) is 16.7. The highest BCUT2D eigenvalue weighted by Crippen LogP contribution is 2.31. The van der Waals surface area contributed by atoms with Crippen LogP contribution in [0.3, 0.4) is 0 Å². The lowest BCUT2D eigenvalue weighted by Gasteiger charge is -2.21. The number of aromatic amines is 1. The molecule has 126 valence electrons. The van der Waals surface area contributed by atoms with Gasteiger partial charge in [-0.3, -0.25) is 0 Å². The number of hydrogen-bond donors (Lipinski definition) is 1. The van der Waals surface area contributed by atoms with E-state index in [9.17, 15) is 4.21 Å². The van der Waals surface area contributed by atoms with Gasteiger partial charge in [-0.05, 0) is 44.5 Å². The van der Waals surface area contributed by atoms with E-state index in [1.807, 2.05) is 18.2 Å². The molecular weight excluding hydrogens is 308 g/mol. The molecule has 0 aliphatic heterocycles. The molecule has 0 amide bonds. The zero-order valence-corrected chi connectivity index (χ0v) is 15.2. The molecule has 0 bridgehead atoms. The minimum absolute atomic E-state index is 0.544. The first-order valence-electron chi connectivity index (χ1n) is 8.44. The van der Waals surface area contributed by atoms with Crippen LogP contribution in [-0.2, 0) is 22.3 Å². The van der Waals surface area contributed by atoms with Crippen LogP contribution in [0.1, 0.15) is 38.7 Å². The monoisotopic (exact) mass is 335 g/mol. The summed E-state index contributed by atoms with van der Waals surface area (Å²) in [5, 5.41) is 1.77. The standard InChI is InChI=1S/C18H27N2O2S/c1-4-6-12-20(11-5-2)13-10-14-17-15(19-18(14)23-21)8-7-9-16(17)22-3/h7-9,19H,4-6,10-13H2,1-3H3/q+1. The lowest BCUT2D eigenvalue weighted by molar-refractivity contribution is 0.273. The van der Waals surface area contributed by atoms with Gasteiger partial charge in [0.15, 0.2) is 0 Å². The van der Waals surface area contributed by atoms with E-state index in [1.54, 1.807) is 7.11 Å². The van der Waals surface area contributed by atoms with E-state index in [0.29, 0.717) is 11.7 Å². The van der Waals surface area contributed by atoms with E-state index in [4.69, 9.17) is 4.74 Å². The van der Waals surface area contributed by atoms with Gasteiger partial charge in [0.2, 0.25) is 0 Å². The van der Waals surface area contributed by atoms with Crippen molar-refractivity contribution in [2.24, 2.45) is 0 Å². The SMILES string of the molecule is CCCCN(CCC)CCc1c([S+]=O)[nH]c2cccc(OC)c12. The second-order valence-corrected chi connectivity index (χ2v) is 6.42. The number of fused-ring (bicyclic) bond motifs is 1.